The van der Waals surface area contributed by atoms with Crippen LogP contribution in [0.15, 0.2) is 24.3 Å². The summed E-state index contributed by atoms with van der Waals surface area (Å²) >= 11 is 6.13. The van der Waals surface area contributed by atoms with E-state index in [0.717, 1.165) is 5.02 Å². The predicted octanol–water partition coefficient (Wildman–Crippen LogP) is 2.81. The van der Waals surface area contributed by atoms with E-state index >= 15 is 0 Å². The summed E-state index contributed by atoms with van der Waals surface area (Å²) in [5.41, 5.74) is 1.30. The van der Waals surface area contributed by atoms with E-state index in [1.807, 2.05) is 19.2 Å². The van der Waals surface area contributed by atoms with Crippen molar-refractivity contribution in [2.24, 2.45) is 0 Å². The molecule has 0 saturated heterocycles. The molecule has 1 fully saturated rings. The van der Waals surface area contributed by atoms with Crippen molar-refractivity contribution in [3.05, 3.63) is 34.9 Å². The Morgan fingerprint density at radius 3 is 2.62 bits per heavy atom. The van der Waals surface area contributed by atoms with Crippen LogP contribution in [0.3, 0.4) is 0 Å². The molecular weight excluding hydrogens is 182 g/mol. The molecule has 2 atom stereocenters. The van der Waals surface area contributed by atoms with Gasteiger partial charge in [-0.25, -0.2) is 0 Å². The number of hydrogen-bond acceptors (Lipinski definition) is 1. The van der Waals surface area contributed by atoms with Gasteiger partial charge in [-0.05, 0) is 31.5 Å². The number of halogens is 1. The maximum absolute atomic E-state index is 6.13. The molecule has 0 radical (unpaired) electrons. The minimum absolute atomic E-state index is 0.624. The Hall–Kier alpha value is -0.530. The van der Waals surface area contributed by atoms with Gasteiger partial charge in [0.25, 0.3) is 0 Å². The monoisotopic (exact) mass is 195 g/mol. The van der Waals surface area contributed by atoms with E-state index in [-0.39, 0.29) is 0 Å². The first-order valence-corrected chi connectivity index (χ1v) is 5.12. The lowest BCUT2D eigenvalue weighted by Gasteiger charge is -2.37. The highest BCUT2D eigenvalue weighted by atomic mass is 35.5. The zero-order valence-electron chi connectivity index (χ0n) is 7.76. The Balaban J connectivity index is 2.21. The van der Waals surface area contributed by atoms with Crippen LogP contribution in [0.1, 0.15) is 24.3 Å². The summed E-state index contributed by atoms with van der Waals surface area (Å²) in [6, 6.07) is 8.78. The van der Waals surface area contributed by atoms with Crippen molar-refractivity contribution < 1.29 is 0 Å². The average Bonchev–Trinajstić information content (AvgIpc) is 2.08. The van der Waals surface area contributed by atoms with Crippen LogP contribution in [0.25, 0.3) is 0 Å². The molecule has 0 aliphatic heterocycles. The van der Waals surface area contributed by atoms with Gasteiger partial charge < -0.3 is 5.32 Å². The summed E-state index contributed by atoms with van der Waals surface area (Å²) in [6.45, 7) is 0. The number of rotatable bonds is 2. The minimum atomic E-state index is 0.624. The lowest BCUT2D eigenvalue weighted by atomic mass is 9.75. The van der Waals surface area contributed by atoms with E-state index in [1.54, 1.807) is 0 Å². The van der Waals surface area contributed by atoms with E-state index in [9.17, 15) is 0 Å². The standard InChI is InChI=1S/C11H14ClN/c1-13-11-7-6-9(11)8-4-2-3-5-10(8)12/h2-5,9,11,13H,6-7H2,1H3. The molecule has 2 rings (SSSR count). The number of likely N-dealkylation sites (N-methyl/N-ethyl adjacent to an activating group) is 1. The van der Waals surface area contributed by atoms with Crippen LogP contribution in [0.2, 0.25) is 5.02 Å². The van der Waals surface area contributed by atoms with Crippen molar-refractivity contribution in [2.75, 3.05) is 7.05 Å². The van der Waals surface area contributed by atoms with Gasteiger partial charge in [-0.3, -0.25) is 0 Å². The number of nitrogens with one attached hydrogen (secondary N) is 1. The molecule has 0 bridgehead atoms. The van der Waals surface area contributed by atoms with Crippen molar-refractivity contribution >= 4 is 11.6 Å². The van der Waals surface area contributed by atoms with Gasteiger partial charge >= 0.3 is 0 Å². The zero-order chi connectivity index (χ0) is 9.26. The summed E-state index contributed by atoms with van der Waals surface area (Å²) in [5.74, 6) is 0.624. The van der Waals surface area contributed by atoms with Crippen molar-refractivity contribution in [3.63, 3.8) is 0 Å². The van der Waals surface area contributed by atoms with Crippen LogP contribution in [-0.4, -0.2) is 13.1 Å². The molecule has 1 N–H and O–H groups in total. The van der Waals surface area contributed by atoms with Crippen molar-refractivity contribution in [1.82, 2.24) is 5.32 Å². The highest BCUT2D eigenvalue weighted by Crippen LogP contribution is 2.39. The second-order valence-electron chi connectivity index (χ2n) is 3.60. The Labute approximate surface area is 84.1 Å². The third-order valence-electron chi connectivity index (χ3n) is 2.95. The first kappa shape index (κ1) is 9.04. The molecule has 70 valence electrons. The summed E-state index contributed by atoms with van der Waals surface area (Å²) in [6.07, 6.45) is 2.53. The average molecular weight is 196 g/mol. The van der Waals surface area contributed by atoms with Crippen LogP contribution >= 0.6 is 11.6 Å². The third-order valence-corrected chi connectivity index (χ3v) is 3.29. The molecule has 1 nitrogen and oxygen atoms in total. The van der Waals surface area contributed by atoms with Crippen molar-refractivity contribution in [1.29, 1.82) is 0 Å². The van der Waals surface area contributed by atoms with Gasteiger partial charge in [-0.15, -0.1) is 0 Å². The number of benzene rings is 1. The summed E-state index contributed by atoms with van der Waals surface area (Å²) in [7, 11) is 2.02. The molecule has 1 aliphatic carbocycles. The minimum Gasteiger partial charge on any atom is -0.316 e. The molecule has 2 unspecified atom stereocenters. The van der Waals surface area contributed by atoms with Gasteiger partial charge in [0.1, 0.15) is 0 Å². The highest BCUT2D eigenvalue weighted by Gasteiger charge is 2.31. The fourth-order valence-electron chi connectivity index (χ4n) is 1.99. The largest absolute Gasteiger partial charge is 0.316 e. The lowest BCUT2D eigenvalue weighted by molar-refractivity contribution is 0.301. The Bertz CT molecular complexity index is 296. The van der Waals surface area contributed by atoms with Gasteiger partial charge in [-0.1, -0.05) is 29.8 Å². The van der Waals surface area contributed by atoms with E-state index in [2.05, 4.69) is 17.4 Å². The van der Waals surface area contributed by atoms with Crippen LogP contribution in [0.4, 0.5) is 0 Å². The van der Waals surface area contributed by atoms with Gasteiger partial charge in [-0.2, -0.15) is 0 Å². The maximum Gasteiger partial charge on any atom is 0.0441 e. The molecule has 13 heavy (non-hydrogen) atoms. The van der Waals surface area contributed by atoms with E-state index in [1.165, 1.54) is 18.4 Å². The topological polar surface area (TPSA) is 12.0 Å². The molecule has 0 spiro atoms. The van der Waals surface area contributed by atoms with E-state index in [4.69, 9.17) is 11.6 Å². The molecule has 0 amide bonds. The first-order chi connectivity index (χ1) is 6.33. The molecule has 2 heteroatoms. The quantitative estimate of drug-likeness (QED) is 0.766. The Morgan fingerprint density at radius 1 is 1.31 bits per heavy atom. The highest BCUT2D eigenvalue weighted by molar-refractivity contribution is 6.31. The maximum atomic E-state index is 6.13. The van der Waals surface area contributed by atoms with Gasteiger partial charge in [0.15, 0.2) is 0 Å². The van der Waals surface area contributed by atoms with Crippen LogP contribution in [-0.2, 0) is 0 Å². The predicted molar refractivity (Wildman–Crippen MR) is 56.3 cm³/mol. The SMILES string of the molecule is CNC1CCC1c1ccccc1Cl. The second-order valence-corrected chi connectivity index (χ2v) is 4.01. The van der Waals surface area contributed by atoms with E-state index in [0.29, 0.717) is 12.0 Å². The van der Waals surface area contributed by atoms with Crippen LogP contribution in [0, 0.1) is 0 Å². The van der Waals surface area contributed by atoms with E-state index < -0.39 is 0 Å². The van der Waals surface area contributed by atoms with Crippen molar-refractivity contribution in [2.45, 2.75) is 24.8 Å². The molecular formula is C11H14ClN. The molecule has 1 aliphatic rings. The summed E-state index contributed by atoms with van der Waals surface area (Å²) in [5, 5.41) is 4.23. The van der Waals surface area contributed by atoms with Crippen molar-refractivity contribution in [3.8, 4) is 0 Å². The Morgan fingerprint density at radius 2 is 2.08 bits per heavy atom. The molecule has 0 aromatic heterocycles. The lowest BCUT2D eigenvalue weighted by Crippen LogP contribution is -2.40. The second kappa shape index (κ2) is 3.69. The fourth-order valence-corrected chi connectivity index (χ4v) is 2.27. The van der Waals surface area contributed by atoms with Gasteiger partial charge in [0.05, 0.1) is 0 Å². The first-order valence-electron chi connectivity index (χ1n) is 4.74. The van der Waals surface area contributed by atoms with Gasteiger partial charge in [0, 0.05) is 17.0 Å². The van der Waals surface area contributed by atoms with Crippen LogP contribution < -0.4 is 5.32 Å². The molecule has 1 aromatic rings. The molecule has 1 aromatic carbocycles. The Kier molecular flexibility index (Phi) is 2.56. The van der Waals surface area contributed by atoms with Gasteiger partial charge in [0.2, 0.25) is 0 Å². The van der Waals surface area contributed by atoms with Crippen LogP contribution in [0.5, 0.6) is 0 Å². The fraction of sp³-hybridized carbons (Fsp3) is 0.455. The molecule has 1 saturated carbocycles. The zero-order valence-corrected chi connectivity index (χ0v) is 8.51. The normalized spacial score (nSPS) is 26.9. The third kappa shape index (κ3) is 1.59. The summed E-state index contributed by atoms with van der Waals surface area (Å²) in [4.78, 5) is 0. The number of hydrogen-bond donors (Lipinski definition) is 1. The summed E-state index contributed by atoms with van der Waals surface area (Å²) < 4.78 is 0. The molecule has 0 heterocycles. The smallest absolute Gasteiger partial charge is 0.0441 e.